The van der Waals surface area contributed by atoms with Gasteiger partial charge in [-0.25, -0.2) is 0 Å². The number of para-hydroxylation sites is 1. The highest BCUT2D eigenvalue weighted by molar-refractivity contribution is 6.04. The van der Waals surface area contributed by atoms with Crippen molar-refractivity contribution < 1.29 is 19.2 Å². The molecule has 2 N–H and O–H groups in total. The second-order valence-electron chi connectivity index (χ2n) is 9.67. The Morgan fingerprint density at radius 3 is 2.56 bits per heavy atom. The lowest BCUT2D eigenvalue weighted by Gasteiger charge is -2.35. The molecule has 2 amide bonds. The molecule has 0 saturated carbocycles. The number of amides is 2. The Balaban J connectivity index is 1.45. The number of benzene rings is 2. The first-order valence-electron chi connectivity index (χ1n) is 12.7. The van der Waals surface area contributed by atoms with Gasteiger partial charge in [0.15, 0.2) is 0 Å². The van der Waals surface area contributed by atoms with E-state index in [0.29, 0.717) is 37.3 Å². The van der Waals surface area contributed by atoms with Crippen molar-refractivity contribution in [2.24, 2.45) is 0 Å². The smallest absolute Gasteiger partial charge is 0.255 e. The minimum absolute atomic E-state index is 0.109. The number of likely N-dealkylation sites (tertiary alicyclic amines) is 1. The van der Waals surface area contributed by atoms with Gasteiger partial charge in [-0.05, 0) is 57.7 Å². The van der Waals surface area contributed by atoms with Crippen LogP contribution in [0.2, 0.25) is 0 Å². The van der Waals surface area contributed by atoms with Crippen LogP contribution >= 0.6 is 0 Å². The molecule has 6 heteroatoms. The predicted molar refractivity (Wildman–Crippen MR) is 133 cm³/mol. The zero-order chi connectivity index (χ0) is 24.1. The fourth-order valence-electron chi connectivity index (χ4n) is 5.61. The van der Waals surface area contributed by atoms with Crippen LogP contribution in [0.1, 0.15) is 74.0 Å². The van der Waals surface area contributed by atoms with Crippen molar-refractivity contribution >= 4 is 11.8 Å². The molecule has 2 aromatic rings. The number of fused-ring (bicyclic) bond motifs is 1. The topological polar surface area (TPSA) is 63.1 Å². The molecule has 6 nitrogen and oxygen atoms in total. The molecule has 2 aromatic carbocycles. The molecule has 3 atom stereocenters. The molecule has 1 fully saturated rings. The average molecular weight is 465 g/mol. The molecule has 0 radical (unpaired) electrons. The molecule has 1 saturated heterocycles. The number of piperidine rings is 1. The highest BCUT2D eigenvalue weighted by Crippen LogP contribution is 2.36. The summed E-state index contributed by atoms with van der Waals surface area (Å²) in [6, 6.07) is 15.9. The quantitative estimate of drug-likeness (QED) is 0.561. The monoisotopic (exact) mass is 464 g/mol. The summed E-state index contributed by atoms with van der Waals surface area (Å²) in [7, 11) is 0. The van der Waals surface area contributed by atoms with Gasteiger partial charge in [-0.15, -0.1) is 0 Å². The van der Waals surface area contributed by atoms with E-state index in [1.54, 1.807) is 9.80 Å². The van der Waals surface area contributed by atoms with Crippen molar-refractivity contribution in [1.82, 2.24) is 10.2 Å². The van der Waals surface area contributed by atoms with Crippen LogP contribution in [-0.2, 0) is 11.3 Å². The lowest BCUT2D eigenvalue weighted by atomic mass is 9.97. The van der Waals surface area contributed by atoms with Crippen LogP contribution in [0.3, 0.4) is 0 Å². The first kappa shape index (κ1) is 24.3. The molecule has 0 bridgehead atoms. The van der Waals surface area contributed by atoms with E-state index in [9.17, 15) is 9.59 Å². The summed E-state index contributed by atoms with van der Waals surface area (Å²) in [5.74, 6) is 0.532. The summed E-state index contributed by atoms with van der Waals surface area (Å²) in [5.41, 5.74) is 2.29. The maximum Gasteiger partial charge on any atom is 0.255 e. The average Bonchev–Trinajstić information content (AvgIpc) is 3.11. The number of rotatable bonds is 9. The van der Waals surface area contributed by atoms with Crippen molar-refractivity contribution in [2.45, 2.75) is 71.1 Å². The van der Waals surface area contributed by atoms with Crippen molar-refractivity contribution in [3.63, 3.8) is 0 Å². The van der Waals surface area contributed by atoms with Crippen LogP contribution in [0, 0.1) is 0 Å². The highest BCUT2D eigenvalue weighted by Gasteiger charge is 2.41. The fourth-order valence-corrected chi connectivity index (χ4v) is 5.61. The van der Waals surface area contributed by atoms with E-state index in [4.69, 9.17) is 4.74 Å². The minimum atomic E-state index is -0.626. The van der Waals surface area contributed by atoms with Crippen LogP contribution in [0.5, 0.6) is 5.75 Å². The summed E-state index contributed by atoms with van der Waals surface area (Å²) in [6.45, 7) is 9.18. The molecule has 0 spiro atoms. The fraction of sp³-hybridized carbons (Fsp3) is 0.500. The van der Waals surface area contributed by atoms with Gasteiger partial charge in [-0.1, -0.05) is 36.4 Å². The molecule has 3 unspecified atom stereocenters. The molecule has 2 heterocycles. The molecule has 182 valence electrons. The molecule has 2 aliphatic heterocycles. The van der Waals surface area contributed by atoms with Gasteiger partial charge in [-0.3, -0.25) is 9.59 Å². The number of carbonyl (C=O) groups is 2. The summed E-state index contributed by atoms with van der Waals surface area (Å²) in [4.78, 5) is 30.0. The van der Waals surface area contributed by atoms with Crippen molar-refractivity contribution in [3.05, 3.63) is 65.2 Å². The first-order valence-corrected chi connectivity index (χ1v) is 12.7. The van der Waals surface area contributed by atoms with E-state index < -0.39 is 6.04 Å². The van der Waals surface area contributed by atoms with E-state index in [-0.39, 0.29) is 11.8 Å². The summed E-state index contributed by atoms with van der Waals surface area (Å²) >= 11 is 0. The van der Waals surface area contributed by atoms with Gasteiger partial charge < -0.3 is 19.9 Å². The maximum atomic E-state index is 13.4. The Bertz CT molecular complexity index is 998. The van der Waals surface area contributed by atoms with Gasteiger partial charge >= 0.3 is 0 Å². The van der Waals surface area contributed by atoms with Gasteiger partial charge in [0.25, 0.3) is 5.91 Å². The van der Waals surface area contributed by atoms with Crippen LogP contribution < -0.4 is 15.0 Å². The van der Waals surface area contributed by atoms with Gasteiger partial charge in [-0.2, -0.15) is 0 Å². The van der Waals surface area contributed by atoms with Crippen molar-refractivity contribution in [2.75, 3.05) is 19.7 Å². The standard InChI is InChI=1S/C28H37N3O3/c1-4-34-25-16-8-5-13-22(25)19-31-26(23-14-6-7-15-24(23)28(31)33)27(32)29-17-10-18-30-20(2)11-9-12-21(30)3/h5-8,13-16,20-21,26H,4,9-12,17-19H2,1-3H3,(H,29,32)/p+1. The van der Waals surface area contributed by atoms with Crippen LogP contribution in [0.4, 0.5) is 0 Å². The normalized spacial score (nSPS) is 24.1. The van der Waals surface area contributed by atoms with Crippen LogP contribution in [0.25, 0.3) is 0 Å². The molecule has 0 aliphatic carbocycles. The second kappa shape index (κ2) is 11.0. The van der Waals surface area contributed by atoms with Crippen LogP contribution in [0.15, 0.2) is 48.5 Å². The lowest BCUT2D eigenvalue weighted by Crippen LogP contribution is -3.19. The third-order valence-electron chi connectivity index (χ3n) is 7.40. The van der Waals surface area contributed by atoms with Gasteiger partial charge in [0.2, 0.25) is 5.91 Å². The molecule has 4 rings (SSSR count). The number of nitrogens with zero attached hydrogens (tertiary/aromatic N) is 1. The van der Waals surface area contributed by atoms with Gasteiger partial charge in [0.05, 0.1) is 31.8 Å². The summed E-state index contributed by atoms with van der Waals surface area (Å²) in [5, 5.41) is 3.13. The van der Waals surface area contributed by atoms with Crippen molar-refractivity contribution in [1.29, 1.82) is 0 Å². The third-order valence-corrected chi connectivity index (χ3v) is 7.40. The first-order chi connectivity index (χ1) is 16.5. The second-order valence-corrected chi connectivity index (χ2v) is 9.67. The van der Waals surface area contributed by atoms with E-state index in [1.165, 1.54) is 19.3 Å². The lowest BCUT2D eigenvalue weighted by molar-refractivity contribution is -0.951. The number of hydrogen-bond acceptors (Lipinski definition) is 3. The number of nitrogens with one attached hydrogen (secondary N) is 2. The number of quaternary nitrogens is 1. The van der Waals surface area contributed by atoms with Gasteiger partial charge in [0, 0.05) is 24.1 Å². The van der Waals surface area contributed by atoms with E-state index in [1.807, 2.05) is 55.5 Å². The molecule has 2 aliphatic rings. The zero-order valence-corrected chi connectivity index (χ0v) is 20.7. The summed E-state index contributed by atoms with van der Waals surface area (Å²) in [6.07, 6.45) is 4.82. The number of carbonyl (C=O) groups excluding carboxylic acids is 2. The number of hydrogen-bond donors (Lipinski definition) is 2. The van der Waals surface area contributed by atoms with E-state index in [2.05, 4.69) is 19.2 Å². The maximum absolute atomic E-state index is 13.4. The zero-order valence-electron chi connectivity index (χ0n) is 20.7. The Labute approximate surface area is 203 Å². The van der Waals surface area contributed by atoms with Gasteiger partial charge in [0.1, 0.15) is 11.8 Å². The number of ether oxygens (including phenoxy) is 1. The Morgan fingerprint density at radius 2 is 1.79 bits per heavy atom. The predicted octanol–water partition coefficient (Wildman–Crippen LogP) is 3.13. The molecular formula is C28H38N3O3+. The molecular weight excluding hydrogens is 426 g/mol. The van der Waals surface area contributed by atoms with Crippen LogP contribution in [-0.4, -0.2) is 48.5 Å². The Kier molecular flexibility index (Phi) is 7.88. The third kappa shape index (κ3) is 5.12. The highest BCUT2D eigenvalue weighted by atomic mass is 16.5. The summed E-state index contributed by atoms with van der Waals surface area (Å²) < 4.78 is 5.77. The SMILES string of the molecule is CCOc1ccccc1CN1C(=O)c2ccccc2C1C(=O)NCCC[NH+]1C(C)CCCC1C. The van der Waals surface area contributed by atoms with E-state index in [0.717, 1.165) is 29.8 Å². The Hall–Kier alpha value is -2.86. The largest absolute Gasteiger partial charge is 0.494 e. The van der Waals surface area contributed by atoms with Crippen molar-refractivity contribution in [3.8, 4) is 5.75 Å². The minimum Gasteiger partial charge on any atom is -0.494 e. The molecule has 0 aromatic heterocycles. The van der Waals surface area contributed by atoms with E-state index >= 15 is 0 Å². The molecule has 34 heavy (non-hydrogen) atoms. The Morgan fingerprint density at radius 1 is 1.09 bits per heavy atom.